The van der Waals surface area contributed by atoms with Crippen LogP contribution in [0.2, 0.25) is 0 Å². The summed E-state index contributed by atoms with van der Waals surface area (Å²) in [7, 11) is 3.78. The number of hydrogen-bond donors (Lipinski definition) is 0. The van der Waals surface area contributed by atoms with Gasteiger partial charge in [-0.1, -0.05) is 76.2 Å². The zero-order valence-electron chi connectivity index (χ0n) is 23.0. The number of rotatable bonds is 3. The number of carbonyl (C=O) groups excluding carboxylic acids is 1. The Kier molecular flexibility index (Phi) is 9.76. The Morgan fingerprint density at radius 2 is 1.31 bits per heavy atom. The van der Waals surface area contributed by atoms with E-state index in [1.807, 2.05) is 115 Å². The summed E-state index contributed by atoms with van der Waals surface area (Å²) in [6, 6.07) is 18.0. The second-order valence-corrected chi connectivity index (χ2v) is 8.12. The molecule has 1 aliphatic heterocycles. The topological polar surface area (TPSA) is 48.8 Å². The molecule has 5 nitrogen and oxygen atoms in total. The molecule has 5 heteroatoms. The van der Waals surface area contributed by atoms with Crippen LogP contribution in [-0.2, 0) is 4.79 Å². The Balaban J connectivity index is 0.00000103. The molecule has 2 aromatic carbocycles. The fraction of sp³-hybridized carbons (Fsp3) is 0.367. The fourth-order valence-corrected chi connectivity index (χ4v) is 4.28. The molecule has 2 heterocycles. The van der Waals surface area contributed by atoms with E-state index in [-0.39, 0.29) is 5.91 Å². The molecule has 1 unspecified atom stereocenters. The summed E-state index contributed by atoms with van der Waals surface area (Å²) in [6.07, 6.45) is -0.689. The van der Waals surface area contributed by atoms with E-state index in [1.165, 1.54) is 0 Å². The first-order valence-electron chi connectivity index (χ1n) is 12.5. The molecule has 0 radical (unpaired) electrons. The first-order chi connectivity index (χ1) is 16.8. The van der Waals surface area contributed by atoms with Crippen molar-refractivity contribution in [2.75, 3.05) is 23.9 Å². The molecule has 3 aromatic rings. The molecule has 0 N–H and O–H groups in total. The smallest absolute Gasteiger partial charge is 0.272 e. The molecule has 4 rings (SSSR count). The van der Waals surface area contributed by atoms with Crippen LogP contribution in [0.4, 0.5) is 11.4 Å². The summed E-state index contributed by atoms with van der Waals surface area (Å²) in [4.78, 5) is 27.1. The average Bonchev–Trinajstić information content (AvgIpc) is 3.00. The summed E-state index contributed by atoms with van der Waals surface area (Å²) in [5, 5.41) is 0. The van der Waals surface area contributed by atoms with E-state index >= 15 is 0 Å². The minimum Gasteiger partial charge on any atom is -0.345 e. The quantitative estimate of drug-likeness (QED) is 0.429. The number of benzodiazepines with no additional fused rings is 1. The number of amides is 1. The molecule has 0 saturated carbocycles. The molecular weight excluding hydrogens is 432 g/mol. The molecule has 1 aliphatic rings. The number of para-hydroxylation sites is 1. The van der Waals surface area contributed by atoms with E-state index in [0.717, 1.165) is 50.7 Å². The highest BCUT2D eigenvalue weighted by Gasteiger charge is 2.34. The van der Waals surface area contributed by atoms with E-state index in [1.54, 1.807) is 4.90 Å². The number of carbonyl (C=O) groups is 1. The lowest BCUT2D eigenvalue weighted by molar-refractivity contribution is -0.119. The first kappa shape index (κ1) is 27.8. The van der Waals surface area contributed by atoms with E-state index < -0.39 is 6.17 Å². The summed E-state index contributed by atoms with van der Waals surface area (Å²) in [5.74, 6) is -0.0631. The van der Waals surface area contributed by atoms with Gasteiger partial charge in [-0.3, -0.25) is 9.78 Å². The Hall–Kier alpha value is -3.47. The number of nitrogens with zero attached hydrogens (tertiary/aromatic N) is 4. The predicted octanol–water partition coefficient (Wildman–Crippen LogP) is 6.64. The minimum absolute atomic E-state index is 0.0631. The van der Waals surface area contributed by atoms with Crippen LogP contribution < -0.4 is 9.80 Å². The van der Waals surface area contributed by atoms with Crippen molar-refractivity contribution >= 4 is 23.0 Å². The van der Waals surface area contributed by atoms with Gasteiger partial charge in [0.2, 0.25) is 6.17 Å². The van der Waals surface area contributed by atoms with Gasteiger partial charge in [0.05, 0.1) is 11.4 Å². The van der Waals surface area contributed by atoms with Crippen LogP contribution in [0.25, 0.3) is 0 Å². The van der Waals surface area contributed by atoms with Gasteiger partial charge < -0.3 is 9.80 Å². The van der Waals surface area contributed by atoms with Crippen LogP contribution in [0, 0.1) is 27.7 Å². The van der Waals surface area contributed by atoms with Gasteiger partial charge in [0.25, 0.3) is 5.91 Å². The number of anilines is 2. The van der Waals surface area contributed by atoms with Crippen LogP contribution in [0.1, 0.15) is 61.3 Å². The predicted molar refractivity (Wildman–Crippen MR) is 150 cm³/mol. The second-order valence-electron chi connectivity index (χ2n) is 8.12. The molecule has 1 atom stereocenters. The lowest BCUT2D eigenvalue weighted by Gasteiger charge is -2.31. The van der Waals surface area contributed by atoms with Crippen molar-refractivity contribution in [2.45, 2.75) is 61.6 Å². The number of aliphatic imine (C=N–C) groups is 1. The van der Waals surface area contributed by atoms with Gasteiger partial charge in [-0.05, 0) is 44.9 Å². The van der Waals surface area contributed by atoms with Gasteiger partial charge in [0.15, 0.2) is 0 Å². The Labute approximate surface area is 211 Å². The van der Waals surface area contributed by atoms with Gasteiger partial charge in [-0.2, -0.15) is 0 Å². The third kappa shape index (κ3) is 5.45. The van der Waals surface area contributed by atoms with Gasteiger partial charge in [-0.25, -0.2) is 4.99 Å². The molecule has 1 aromatic heterocycles. The summed E-state index contributed by atoms with van der Waals surface area (Å²) >= 11 is 0. The van der Waals surface area contributed by atoms with Gasteiger partial charge in [0.1, 0.15) is 0 Å². The van der Waals surface area contributed by atoms with Crippen molar-refractivity contribution in [1.29, 1.82) is 0 Å². The molecule has 0 bridgehead atoms. The van der Waals surface area contributed by atoms with E-state index in [4.69, 9.17) is 4.99 Å². The van der Waals surface area contributed by atoms with Gasteiger partial charge >= 0.3 is 0 Å². The monoisotopic (exact) mass is 472 g/mol. The van der Waals surface area contributed by atoms with Crippen LogP contribution in [0.15, 0.2) is 59.6 Å². The van der Waals surface area contributed by atoms with Crippen LogP contribution in [0.3, 0.4) is 0 Å². The Morgan fingerprint density at radius 1 is 0.800 bits per heavy atom. The van der Waals surface area contributed by atoms with Gasteiger partial charge in [-0.15, -0.1) is 0 Å². The standard InChI is InChI=1S/C26H28N4O.2C2H6/c1-16-18(3)27-19(4)17(2)24(16)30(6)25-26(31)29(5)22-15-11-10-14-21(22)23(28-25)20-12-8-7-9-13-20;2*1-2/h7-15,25H,1-6H3;2*1-2H3. The molecule has 0 saturated heterocycles. The van der Waals surface area contributed by atoms with E-state index in [9.17, 15) is 4.79 Å². The van der Waals surface area contributed by atoms with Crippen molar-refractivity contribution in [1.82, 2.24) is 4.98 Å². The highest BCUT2D eigenvalue weighted by Crippen LogP contribution is 2.33. The molecule has 186 valence electrons. The number of fused-ring (bicyclic) bond motifs is 1. The van der Waals surface area contributed by atoms with E-state index in [0.29, 0.717) is 0 Å². The maximum Gasteiger partial charge on any atom is 0.272 e. The third-order valence-corrected chi connectivity index (χ3v) is 6.22. The molecule has 1 amide bonds. The molecule has 0 fully saturated rings. The maximum atomic E-state index is 13.7. The summed E-state index contributed by atoms with van der Waals surface area (Å²) < 4.78 is 0. The zero-order chi connectivity index (χ0) is 26.3. The number of benzene rings is 2. The number of likely N-dealkylation sites (N-methyl/N-ethyl adjacent to an activating group) is 2. The van der Waals surface area contributed by atoms with Crippen LogP contribution in [0.5, 0.6) is 0 Å². The number of hydrogen-bond acceptors (Lipinski definition) is 4. The van der Waals surface area contributed by atoms with Crippen molar-refractivity contribution in [3.05, 3.63) is 88.2 Å². The maximum absolute atomic E-state index is 13.7. The molecular formula is C30H40N4O. The SMILES string of the molecule is CC.CC.Cc1nc(C)c(C)c(N(C)C2N=C(c3ccccc3)c3ccccc3N(C)C2=O)c1C. The number of aromatic nitrogens is 1. The highest BCUT2D eigenvalue weighted by atomic mass is 16.2. The third-order valence-electron chi connectivity index (χ3n) is 6.22. The molecule has 0 spiro atoms. The van der Waals surface area contributed by atoms with Crippen molar-refractivity contribution in [2.24, 2.45) is 4.99 Å². The molecule has 0 aliphatic carbocycles. The largest absolute Gasteiger partial charge is 0.345 e. The highest BCUT2D eigenvalue weighted by molar-refractivity contribution is 6.20. The van der Waals surface area contributed by atoms with Gasteiger partial charge in [0, 0.05) is 42.3 Å². The Bertz CT molecular complexity index is 1160. The molecule has 35 heavy (non-hydrogen) atoms. The van der Waals surface area contributed by atoms with Crippen molar-refractivity contribution in [3.8, 4) is 0 Å². The second kappa shape index (κ2) is 12.3. The van der Waals surface area contributed by atoms with Crippen LogP contribution in [-0.4, -0.2) is 36.9 Å². The summed E-state index contributed by atoms with van der Waals surface area (Å²) in [6.45, 7) is 16.1. The lowest BCUT2D eigenvalue weighted by Crippen LogP contribution is -2.45. The number of aryl methyl sites for hydroxylation is 2. The zero-order valence-corrected chi connectivity index (χ0v) is 23.0. The average molecular weight is 473 g/mol. The van der Waals surface area contributed by atoms with Crippen LogP contribution >= 0.6 is 0 Å². The van der Waals surface area contributed by atoms with Crippen molar-refractivity contribution < 1.29 is 4.79 Å². The summed E-state index contributed by atoms with van der Waals surface area (Å²) in [5.41, 5.74) is 8.72. The fourth-order valence-electron chi connectivity index (χ4n) is 4.28. The first-order valence-corrected chi connectivity index (χ1v) is 12.5. The minimum atomic E-state index is -0.689. The lowest BCUT2D eigenvalue weighted by atomic mass is 10.0. The Morgan fingerprint density at radius 3 is 1.89 bits per heavy atom. The number of pyridine rings is 1. The van der Waals surface area contributed by atoms with E-state index in [2.05, 4.69) is 18.8 Å². The van der Waals surface area contributed by atoms with Crippen molar-refractivity contribution in [3.63, 3.8) is 0 Å². The normalized spacial score (nSPS) is 14.5.